The normalized spacial score (nSPS) is 15.2. The molecule has 0 N–H and O–H groups in total. The Balaban J connectivity index is 2.08. The highest BCUT2D eigenvalue weighted by Gasteiger charge is 2.34. The Morgan fingerprint density at radius 1 is 1.19 bits per heavy atom. The van der Waals surface area contributed by atoms with Gasteiger partial charge < -0.3 is 4.74 Å². The third-order valence-corrected chi connectivity index (χ3v) is 3.12. The van der Waals surface area contributed by atoms with Gasteiger partial charge in [-0.25, -0.2) is 9.80 Å². The number of benzene rings is 1. The van der Waals surface area contributed by atoms with E-state index in [0.29, 0.717) is 13.1 Å². The molecule has 0 unspecified atom stereocenters. The van der Waals surface area contributed by atoms with E-state index in [9.17, 15) is 9.59 Å². The fourth-order valence-corrected chi connectivity index (χ4v) is 2.03. The van der Waals surface area contributed by atoms with Gasteiger partial charge >= 0.3 is 6.09 Å². The second kappa shape index (κ2) is 6.26. The third-order valence-electron chi connectivity index (χ3n) is 3.12. The molecular formula is C16H22N2O3. The van der Waals surface area contributed by atoms with Gasteiger partial charge in [0.05, 0.1) is 6.42 Å². The van der Waals surface area contributed by atoms with Gasteiger partial charge in [-0.1, -0.05) is 30.3 Å². The highest BCUT2D eigenvalue weighted by atomic mass is 16.6. The molecule has 114 valence electrons. The number of hydrogen-bond donors (Lipinski definition) is 0. The van der Waals surface area contributed by atoms with E-state index in [1.54, 1.807) is 25.8 Å². The molecule has 1 aromatic rings. The molecular weight excluding hydrogens is 268 g/mol. The molecule has 0 aromatic heterocycles. The molecule has 1 saturated heterocycles. The molecule has 1 aliphatic rings. The molecule has 0 spiro atoms. The SMILES string of the molecule is CC(C)(C)OC(=O)N(C(=O)Cc1ccccc1)N1CCC1. The van der Waals surface area contributed by atoms with Crippen molar-refractivity contribution in [2.75, 3.05) is 13.1 Å². The molecule has 1 aromatic carbocycles. The summed E-state index contributed by atoms with van der Waals surface area (Å²) in [4.78, 5) is 24.7. The molecule has 0 radical (unpaired) electrons. The zero-order chi connectivity index (χ0) is 15.5. The van der Waals surface area contributed by atoms with Crippen LogP contribution >= 0.6 is 0 Å². The Kier molecular flexibility index (Phi) is 4.63. The van der Waals surface area contributed by atoms with E-state index in [2.05, 4.69) is 0 Å². The van der Waals surface area contributed by atoms with Crippen LogP contribution in [0.3, 0.4) is 0 Å². The molecule has 2 amide bonds. The van der Waals surface area contributed by atoms with Crippen molar-refractivity contribution in [2.24, 2.45) is 0 Å². The van der Waals surface area contributed by atoms with Crippen molar-refractivity contribution in [3.05, 3.63) is 35.9 Å². The average molecular weight is 290 g/mol. The summed E-state index contributed by atoms with van der Waals surface area (Å²) in [5.74, 6) is -0.254. The lowest BCUT2D eigenvalue weighted by Gasteiger charge is -2.39. The number of imide groups is 1. The Bertz CT molecular complexity index is 504. The minimum atomic E-state index is -0.618. The highest BCUT2D eigenvalue weighted by Crippen LogP contribution is 2.17. The quantitative estimate of drug-likeness (QED) is 0.858. The van der Waals surface area contributed by atoms with Crippen LogP contribution in [-0.4, -0.2) is 40.7 Å². The number of amides is 2. The molecule has 1 fully saturated rings. The fraction of sp³-hybridized carbons (Fsp3) is 0.500. The van der Waals surface area contributed by atoms with Crippen LogP contribution in [0.1, 0.15) is 32.8 Å². The molecule has 1 heterocycles. The minimum Gasteiger partial charge on any atom is -0.442 e. The topological polar surface area (TPSA) is 49.9 Å². The van der Waals surface area contributed by atoms with Crippen LogP contribution in [0.5, 0.6) is 0 Å². The molecule has 5 nitrogen and oxygen atoms in total. The zero-order valence-electron chi connectivity index (χ0n) is 12.8. The maximum atomic E-state index is 12.5. The maximum absolute atomic E-state index is 12.5. The Morgan fingerprint density at radius 2 is 1.81 bits per heavy atom. The number of nitrogens with zero attached hydrogens (tertiary/aromatic N) is 2. The van der Waals surface area contributed by atoms with Crippen molar-refractivity contribution in [3.63, 3.8) is 0 Å². The van der Waals surface area contributed by atoms with Crippen LogP contribution in [0.15, 0.2) is 30.3 Å². The Hall–Kier alpha value is -1.88. The van der Waals surface area contributed by atoms with E-state index in [-0.39, 0.29) is 12.3 Å². The zero-order valence-corrected chi connectivity index (χ0v) is 12.8. The lowest BCUT2D eigenvalue weighted by atomic mass is 10.1. The van der Waals surface area contributed by atoms with Crippen molar-refractivity contribution < 1.29 is 14.3 Å². The largest absolute Gasteiger partial charge is 0.442 e. The number of rotatable bonds is 3. The number of carbonyl (C=O) groups excluding carboxylic acids is 2. The van der Waals surface area contributed by atoms with Gasteiger partial charge in [0.15, 0.2) is 0 Å². The second-order valence-electron chi connectivity index (χ2n) is 6.16. The summed E-state index contributed by atoms with van der Waals surface area (Å²) < 4.78 is 5.34. The molecule has 1 aliphatic heterocycles. The van der Waals surface area contributed by atoms with Gasteiger partial charge in [-0.2, -0.15) is 5.01 Å². The summed E-state index contributed by atoms with van der Waals surface area (Å²) in [7, 11) is 0. The smallest absolute Gasteiger partial charge is 0.432 e. The Labute approximate surface area is 125 Å². The molecule has 21 heavy (non-hydrogen) atoms. The van der Waals surface area contributed by atoms with Gasteiger partial charge in [0.25, 0.3) is 5.91 Å². The van der Waals surface area contributed by atoms with E-state index < -0.39 is 11.7 Å². The van der Waals surface area contributed by atoms with Crippen molar-refractivity contribution in [1.82, 2.24) is 10.0 Å². The number of hydrogen-bond acceptors (Lipinski definition) is 4. The first-order valence-electron chi connectivity index (χ1n) is 7.21. The average Bonchev–Trinajstić information content (AvgIpc) is 2.32. The molecule has 0 saturated carbocycles. The second-order valence-corrected chi connectivity index (χ2v) is 6.16. The summed E-state index contributed by atoms with van der Waals surface area (Å²) in [6.07, 6.45) is 0.581. The standard InChI is InChI=1S/C16H22N2O3/c1-16(2,3)21-15(20)18(17-10-7-11-17)14(19)12-13-8-5-4-6-9-13/h4-6,8-9H,7,10-12H2,1-3H3. The van der Waals surface area contributed by atoms with Crippen molar-refractivity contribution in [3.8, 4) is 0 Å². The van der Waals surface area contributed by atoms with Crippen LogP contribution in [0, 0.1) is 0 Å². The summed E-state index contributed by atoms with van der Waals surface area (Å²) in [5.41, 5.74) is 0.268. The summed E-state index contributed by atoms with van der Waals surface area (Å²) in [6, 6.07) is 9.41. The van der Waals surface area contributed by atoms with Crippen molar-refractivity contribution in [2.45, 2.75) is 39.2 Å². The van der Waals surface area contributed by atoms with Gasteiger partial charge in [0.2, 0.25) is 0 Å². The third kappa shape index (κ3) is 4.29. The van der Waals surface area contributed by atoms with Crippen molar-refractivity contribution in [1.29, 1.82) is 0 Å². The first-order chi connectivity index (χ1) is 9.87. The molecule has 2 rings (SSSR count). The van der Waals surface area contributed by atoms with E-state index in [1.807, 2.05) is 30.3 Å². The predicted octanol–water partition coefficient (Wildman–Crippen LogP) is 2.61. The van der Waals surface area contributed by atoms with Gasteiger partial charge in [-0.3, -0.25) is 4.79 Å². The first kappa shape index (κ1) is 15.5. The maximum Gasteiger partial charge on any atom is 0.432 e. The van der Waals surface area contributed by atoms with Crippen molar-refractivity contribution >= 4 is 12.0 Å². The predicted molar refractivity (Wildman–Crippen MR) is 79.4 cm³/mol. The molecule has 5 heteroatoms. The van der Waals surface area contributed by atoms with Crippen LogP contribution in [0.25, 0.3) is 0 Å². The van der Waals surface area contributed by atoms with E-state index in [0.717, 1.165) is 17.0 Å². The van der Waals surface area contributed by atoms with E-state index in [4.69, 9.17) is 4.74 Å². The lowest BCUT2D eigenvalue weighted by Crippen LogP contribution is -2.57. The number of hydrazine groups is 1. The minimum absolute atomic E-state index is 0.191. The molecule has 0 aliphatic carbocycles. The van der Waals surface area contributed by atoms with E-state index >= 15 is 0 Å². The highest BCUT2D eigenvalue weighted by molar-refractivity contribution is 5.92. The Morgan fingerprint density at radius 3 is 2.29 bits per heavy atom. The monoisotopic (exact) mass is 290 g/mol. The summed E-state index contributed by atoms with van der Waals surface area (Å²) in [5, 5.41) is 2.89. The van der Waals surface area contributed by atoms with Crippen LogP contribution < -0.4 is 0 Å². The lowest BCUT2D eigenvalue weighted by molar-refractivity contribution is -0.152. The number of ether oxygens (including phenoxy) is 1. The van der Waals surface area contributed by atoms with E-state index in [1.165, 1.54) is 0 Å². The number of carbonyl (C=O) groups is 2. The van der Waals surface area contributed by atoms with Crippen LogP contribution in [0.2, 0.25) is 0 Å². The van der Waals surface area contributed by atoms with Crippen LogP contribution in [0.4, 0.5) is 4.79 Å². The van der Waals surface area contributed by atoms with Gasteiger partial charge in [-0.05, 0) is 32.8 Å². The summed E-state index contributed by atoms with van der Waals surface area (Å²) >= 11 is 0. The van der Waals surface area contributed by atoms with Gasteiger partial charge in [-0.15, -0.1) is 0 Å². The van der Waals surface area contributed by atoms with Crippen LogP contribution in [-0.2, 0) is 16.0 Å². The van der Waals surface area contributed by atoms with Gasteiger partial charge in [0, 0.05) is 13.1 Å². The molecule has 0 bridgehead atoms. The van der Waals surface area contributed by atoms with Gasteiger partial charge in [0.1, 0.15) is 5.60 Å². The molecule has 0 atom stereocenters. The summed E-state index contributed by atoms with van der Waals surface area (Å²) in [6.45, 7) is 6.79. The fourth-order valence-electron chi connectivity index (χ4n) is 2.03. The first-order valence-corrected chi connectivity index (χ1v) is 7.21.